The number of amides is 1. The van der Waals surface area contributed by atoms with E-state index in [0.29, 0.717) is 36.9 Å². The normalized spacial score (nSPS) is 26.0. The molecule has 2 aromatic rings. The van der Waals surface area contributed by atoms with Crippen molar-refractivity contribution in [3.63, 3.8) is 0 Å². The number of carboxylic acids is 1. The molecule has 1 aromatic heterocycles. The molecule has 132 valence electrons. The van der Waals surface area contributed by atoms with E-state index in [1.807, 2.05) is 24.3 Å². The van der Waals surface area contributed by atoms with Crippen LogP contribution in [-0.2, 0) is 16.6 Å². The van der Waals surface area contributed by atoms with Gasteiger partial charge in [-0.3, -0.25) is 9.59 Å². The van der Waals surface area contributed by atoms with Gasteiger partial charge in [0.05, 0.1) is 17.0 Å². The molecule has 2 atom stereocenters. The van der Waals surface area contributed by atoms with E-state index in [-0.39, 0.29) is 18.4 Å². The maximum Gasteiger partial charge on any atom is 0.311 e. The zero-order valence-corrected chi connectivity index (χ0v) is 14.6. The molecule has 0 saturated carbocycles. The molecule has 2 saturated heterocycles. The number of aryl methyl sites for hydroxylation is 1. The van der Waals surface area contributed by atoms with E-state index in [4.69, 9.17) is 16.3 Å². The van der Waals surface area contributed by atoms with Crippen LogP contribution in [0.4, 0.5) is 0 Å². The lowest BCUT2D eigenvalue weighted by atomic mass is 9.74. The third kappa shape index (κ3) is 2.28. The van der Waals surface area contributed by atoms with Crippen molar-refractivity contribution in [2.45, 2.75) is 6.42 Å². The van der Waals surface area contributed by atoms with Crippen LogP contribution in [0.1, 0.15) is 16.9 Å². The van der Waals surface area contributed by atoms with Crippen LogP contribution in [-0.4, -0.2) is 52.8 Å². The van der Waals surface area contributed by atoms with Crippen LogP contribution in [0.2, 0.25) is 5.02 Å². The Morgan fingerprint density at radius 3 is 2.80 bits per heavy atom. The van der Waals surface area contributed by atoms with Gasteiger partial charge in [-0.25, -0.2) is 0 Å². The second-order valence-corrected chi connectivity index (χ2v) is 7.29. The standard InChI is InChI=1S/C18H19ClN2O4/c1-20-13-5-3-2-4-12(13)14(19)15(20)16(22)21-8-11-9-25-7-6-18(11,10-21)17(23)24/h2-5,11H,6-10H2,1H3,(H,23,24)/t11-,18+/m0/s1. The Labute approximate surface area is 149 Å². The monoisotopic (exact) mass is 362 g/mol. The molecule has 3 heterocycles. The van der Waals surface area contributed by atoms with Crippen LogP contribution in [0, 0.1) is 11.3 Å². The number of carbonyl (C=O) groups is 2. The number of carboxylic acid groups (broad SMARTS) is 1. The van der Waals surface area contributed by atoms with Gasteiger partial charge in [0.1, 0.15) is 5.69 Å². The second-order valence-electron chi connectivity index (χ2n) is 6.91. The summed E-state index contributed by atoms with van der Waals surface area (Å²) in [7, 11) is 1.81. The molecule has 2 aliphatic heterocycles. The van der Waals surface area contributed by atoms with Gasteiger partial charge in [0.15, 0.2) is 0 Å². The molecule has 1 aromatic carbocycles. The van der Waals surface area contributed by atoms with Crippen LogP contribution in [0.25, 0.3) is 10.9 Å². The van der Waals surface area contributed by atoms with Crippen LogP contribution in [0.3, 0.4) is 0 Å². The van der Waals surface area contributed by atoms with Crippen molar-refractivity contribution in [1.82, 2.24) is 9.47 Å². The maximum atomic E-state index is 13.2. The van der Waals surface area contributed by atoms with E-state index in [1.165, 1.54) is 0 Å². The van der Waals surface area contributed by atoms with E-state index in [2.05, 4.69) is 0 Å². The van der Waals surface area contributed by atoms with Gasteiger partial charge in [0.25, 0.3) is 5.91 Å². The highest BCUT2D eigenvalue weighted by molar-refractivity contribution is 6.38. The highest BCUT2D eigenvalue weighted by Gasteiger charge is 2.55. The summed E-state index contributed by atoms with van der Waals surface area (Å²) in [5, 5.41) is 11.0. The number of halogens is 1. The third-order valence-corrected chi connectivity index (χ3v) is 6.05. The van der Waals surface area contributed by atoms with Crippen molar-refractivity contribution in [3.05, 3.63) is 35.0 Å². The zero-order chi connectivity index (χ0) is 17.8. The number of nitrogens with zero attached hydrogens (tertiary/aromatic N) is 2. The van der Waals surface area contributed by atoms with E-state index < -0.39 is 11.4 Å². The molecule has 0 radical (unpaired) electrons. The molecule has 0 unspecified atom stereocenters. The first-order chi connectivity index (χ1) is 12.0. The van der Waals surface area contributed by atoms with E-state index in [0.717, 1.165) is 10.9 Å². The van der Waals surface area contributed by atoms with Gasteiger partial charge in [-0.2, -0.15) is 0 Å². The second kappa shape index (κ2) is 5.75. The topological polar surface area (TPSA) is 71.8 Å². The van der Waals surface area contributed by atoms with Gasteiger partial charge in [-0.15, -0.1) is 0 Å². The van der Waals surface area contributed by atoms with Crippen molar-refractivity contribution < 1.29 is 19.4 Å². The largest absolute Gasteiger partial charge is 0.481 e. The minimum absolute atomic E-state index is 0.184. The summed E-state index contributed by atoms with van der Waals surface area (Å²) in [6, 6.07) is 7.57. The molecule has 6 nitrogen and oxygen atoms in total. The van der Waals surface area contributed by atoms with Crippen LogP contribution in [0.15, 0.2) is 24.3 Å². The average Bonchev–Trinajstić information content (AvgIpc) is 3.13. The van der Waals surface area contributed by atoms with Crippen molar-refractivity contribution in [2.24, 2.45) is 18.4 Å². The fourth-order valence-corrected chi connectivity index (χ4v) is 4.56. The molecule has 25 heavy (non-hydrogen) atoms. The Morgan fingerprint density at radius 1 is 1.36 bits per heavy atom. The fourth-order valence-electron chi connectivity index (χ4n) is 4.19. The summed E-state index contributed by atoms with van der Waals surface area (Å²) in [6.45, 7) is 1.37. The highest BCUT2D eigenvalue weighted by atomic mass is 35.5. The van der Waals surface area contributed by atoms with E-state index in [9.17, 15) is 14.7 Å². The number of likely N-dealkylation sites (tertiary alicyclic amines) is 1. The average molecular weight is 363 g/mol. The minimum Gasteiger partial charge on any atom is -0.481 e. The summed E-state index contributed by atoms with van der Waals surface area (Å²) in [4.78, 5) is 26.7. The predicted molar refractivity (Wildman–Crippen MR) is 92.8 cm³/mol. The van der Waals surface area contributed by atoms with Gasteiger partial charge < -0.3 is 19.3 Å². The molecule has 4 rings (SSSR count). The zero-order valence-electron chi connectivity index (χ0n) is 13.9. The summed E-state index contributed by atoms with van der Waals surface area (Å²) in [5.41, 5.74) is 0.372. The van der Waals surface area contributed by atoms with Crippen LogP contribution < -0.4 is 0 Å². The first-order valence-corrected chi connectivity index (χ1v) is 8.67. The number of aromatic nitrogens is 1. The number of aliphatic carboxylic acids is 1. The summed E-state index contributed by atoms with van der Waals surface area (Å²) in [5.74, 6) is -1.26. The number of hydrogen-bond donors (Lipinski definition) is 1. The molecule has 7 heteroatoms. The third-order valence-electron chi connectivity index (χ3n) is 5.67. The summed E-state index contributed by atoms with van der Waals surface area (Å²) in [6.07, 6.45) is 0.430. The Balaban J connectivity index is 1.72. The van der Waals surface area contributed by atoms with E-state index >= 15 is 0 Å². The summed E-state index contributed by atoms with van der Waals surface area (Å²) < 4.78 is 7.24. The van der Waals surface area contributed by atoms with Crippen LogP contribution in [0.5, 0.6) is 0 Å². The Bertz CT molecular complexity index is 838. The lowest BCUT2D eigenvalue weighted by Crippen LogP contribution is -2.45. The number of fused-ring (bicyclic) bond motifs is 2. The molecular weight excluding hydrogens is 344 g/mol. The first kappa shape index (κ1) is 16.4. The molecule has 0 aliphatic carbocycles. The Morgan fingerprint density at radius 2 is 2.12 bits per heavy atom. The van der Waals surface area contributed by atoms with Gasteiger partial charge in [-0.1, -0.05) is 29.8 Å². The SMILES string of the molecule is Cn1c(C(=O)N2C[C@H]3COCC[C@@]3(C(=O)O)C2)c(Cl)c2ccccc21. The molecule has 2 aliphatic rings. The summed E-state index contributed by atoms with van der Waals surface area (Å²) >= 11 is 6.48. The van der Waals surface area contributed by atoms with Gasteiger partial charge in [0, 0.05) is 43.6 Å². The van der Waals surface area contributed by atoms with Crippen molar-refractivity contribution in [2.75, 3.05) is 26.3 Å². The lowest BCUT2D eigenvalue weighted by Gasteiger charge is -2.33. The number of para-hydroxylation sites is 1. The smallest absolute Gasteiger partial charge is 0.311 e. The van der Waals surface area contributed by atoms with Crippen LogP contribution >= 0.6 is 11.6 Å². The molecular formula is C18H19ClN2O4. The van der Waals surface area contributed by atoms with Crippen molar-refractivity contribution >= 4 is 34.4 Å². The molecule has 0 spiro atoms. The van der Waals surface area contributed by atoms with Crippen molar-refractivity contribution in [1.29, 1.82) is 0 Å². The predicted octanol–water partition coefficient (Wildman–Crippen LogP) is 2.40. The molecule has 2 fully saturated rings. The fraction of sp³-hybridized carbons (Fsp3) is 0.444. The van der Waals surface area contributed by atoms with Gasteiger partial charge in [-0.05, 0) is 12.5 Å². The number of carbonyl (C=O) groups excluding carboxylic acids is 1. The van der Waals surface area contributed by atoms with Crippen molar-refractivity contribution in [3.8, 4) is 0 Å². The quantitative estimate of drug-likeness (QED) is 0.890. The Hall–Kier alpha value is -2.05. The Kier molecular flexibility index (Phi) is 3.77. The highest BCUT2D eigenvalue weighted by Crippen LogP contribution is 2.43. The molecule has 0 bridgehead atoms. The number of rotatable bonds is 2. The number of ether oxygens (including phenoxy) is 1. The maximum absolute atomic E-state index is 13.2. The first-order valence-electron chi connectivity index (χ1n) is 8.29. The molecule has 1 N–H and O–H groups in total. The van der Waals surface area contributed by atoms with Gasteiger partial charge >= 0.3 is 5.97 Å². The number of benzene rings is 1. The minimum atomic E-state index is -0.912. The lowest BCUT2D eigenvalue weighted by molar-refractivity contribution is -0.157. The van der Waals surface area contributed by atoms with Gasteiger partial charge in [0.2, 0.25) is 0 Å². The number of hydrogen-bond acceptors (Lipinski definition) is 3. The molecule has 1 amide bonds. The van der Waals surface area contributed by atoms with E-state index in [1.54, 1.807) is 16.5 Å².